The molecule has 17 heteroatoms. The standard InChI is InChI=1S/4BH3O3.Co/c4*2-1(3)4;/h4*2-4H;. The SMILES string of the molecule is OB(O)O.OB(O)O.OB(O)O.OB(O)O.[Co]. The van der Waals surface area contributed by atoms with Crippen molar-refractivity contribution >= 4 is 29.3 Å². The molecule has 12 N–H and O–H groups in total. The second kappa shape index (κ2) is 25.2. The van der Waals surface area contributed by atoms with Crippen LogP contribution in [0.25, 0.3) is 0 Å². The van der Waals surface area contributed by atoms with Crippen molar-refractivity contribution < 1.29 is 77.1 Å². The van der Waals surface area contributed by atoms with E-state index in [4.69, 9.17) is 60.3 Å². The summed E-state index contributed by atoms with van der Waals surface area (Å²) in [5.74, 6) is 0. The van der Waals surface area contributed by atoms with Crippen LogP contribution >= 0.6 is 0 Å². The van der Waals surface area contributed by atoms with Gasteiger partial charge in [-0.2, -0.15) is 0 Å². The summed E-state index contributed by atoms with van der Waals surface area (Å²) in [5, 5.41) is 86.0. The number of rotatable bonds is 0. The van der Waals surface area contributed by atoms with Gasteiger partial charge in [-0.15, -0.1) is 0 Å². The summed E-state index contributed by atoms with van der Waals surface area (Å²) >= 11 is 0. The van der Waals surface area contributed by atoms with Crippen LogP contribution in [0.4, 0.5) is 0 Å². The van der Waals surface area contributed by atoms with Gasteiger partial charge in [-0.1, -0.05) is 0 Å². The van der Waals surface area contributed by atoms with Crippen LogP contribution in [-0.2, 0) is 16.8 Å². The predicted molar refractivity (Wildman–Crippen MR) is 49.6 cm³/mol. The van der Waals surface area contributed by atoms with Gasteiger partial charge in [0.05, 0.1) is 0 Å². The molecule has 1 radical (unpaired) electrons. The average Bonchev–Trinajstić information content (AvgIpc) is 1.76. The average molecular weight is 306 g/mol. The first-order valence-corrected chi connectivity index (χ1v) is 3.10. The minimum Gasteiger partial charge on any atom is -0.402 e. The van der Waals surface area contributed by atoms with E-state index in [9.17, 15) is 0 Å². The first-order valence-electron chi connectivity index (χ1n) is 3.10. The van der Waals surface area contributed by atoms with Crippen LogP contribution in [0, 0.1) is 0 Å². The maximum Gasteiger partial charge on any atom is 0.631 e. The van der Waals surface area contributed by atoms with Gasteiger partial charge in [0.25, 0.3) is 0 Å². The summed E-state index contributed by atoms with van der Waals surface area (Å²) in [4.78, 5) is 0. The van der Waals surface area contributed by atoms with Gasteiger partial charge in [0.2, 0.25) is 0 Å². The fraction of sp³-hybridized carbons (Fsp3) is 0. The van der Waals surface area contributed by atoms with Crippen LogP contribution in [0.1, 0.15) is 0 Å². The summed E-state index contributed by atoms with van der Waals surface area (Å²) in [6, 6.07) is 0. The van der Waals surface area contributed by atoms with E-state index in [1.54, 1.807) is 0 Å². The molecule has 12 nitrogen and oxygen atoms in total. The molecule has 0 rings (SSSR count). The minimum atomic E-state index is -2.17. The van der Waals surface area contributed by atoms with Gasteiger partial charge < -0.3 is 60.3 Å². The molecule has 0 amide bonds. The molecular weight excluding hydrogens is 294 g/mol. The Balaban J connectivity index is -0.0000000369. The van der Waals surface area contributed by atoms with Crippen molar-refractivity contribution in [3.05, 3.63) is 0 Å². The van der Waals surface area contributed by atoms with Crippen LogP contribution in [0.2, 0.25) is 0 Å². The van der Waals surface area contributed by atoms with E-state index in [-0.39, 0.29) is 16.8 Å². The fourth-order valence-electron chi connectivity index (χ4n) is 0. The molecule has 0 bridgehead atoms. The molecular formula is H12B4CoO12. The van der Waals surface area contributed by atoms with Crippen molar-refractivity contribution in [3.8, 4) is 0 Å². The fourth-order valence-corrected chi connectivity index (χ4v) is 0. The first kappa shape index (κ1) is 30.4. The molecule has 0 aliphatic heterocycles. The van der Waals surface area contributed by atoms with Gasteiger partial charge >= 0.3 is 29.3 Å². The Kier molecular flexibility index (Phi) is 45.0. The monoisotopic (exact) mass is 307 g/mol. The third kappa shape index (κ3) is 40600. The van der Waals surface area contributed by atoms with Gasteiger partial charge in [-0.3, -0.25) is 0 Å². The molecule has 0 heterocycles. The normalized spacial score (nSPS) is 6.35. The minimum absolute atomic E-state index is 0. The summed E-state index contributed by atoms with van der Waals surface area (Å²) in [6.45, 7) is 0. The van der Waals surface area contributed by atoms with Gasteiger partial charge in [0.1, 0.15) is 0 Å². The van der Waals surface area contributed by atoms with Gasteiger partial charge in [-0.05, 0) is 0 Å². The maximum absolute atomic E-state index is 7.17. The molecule has 0 aliphatic carbocycles. The first-order chi connectivity index (χ1) is 6.93. The maximum atomic E-state index is 7.17. The Hall–Kier alpha value is 0.286. The zero-order valence-corrected chi connectivity index (χ0v) is 9.05. The molecule has 0 spiro atoms. The number of hydrogen-bond acceptors (Lipinski definition) is 12. The van der Waals surface area contributed by atoms with Crippen LogP contribution in [0.3, 0.4) is 0 Å². The largest absolute Gasteiger partial charge is 0.631 e. The molecule has 0 atom stereocenters. The van der Waals surface area contributed by atoms with Crippen molar-refractivity contribution in [2.75, 3.05) is 0 Å². The van der Waals surface area contributed by atoms with Crippen LogP contribution in [0.15, 0.2) is 0 Å². The van der Waals surface area contributed by atoms with Crippen LogP contribution < -0.4 is 0 Å². The van der Waals surface area contributed by atoms with Gasteiger partial charge in [0, 0.05) is 16.8 Å². The van der Waals surface area contributed by atoms with E-state index >= 15 is 0 Å². The van der Waals surface area contributed by atoms with Crippen molar-refractivity contribution in [2.45, 2.75) is 0 Å². The molecule has 0 aliphatic rings. The molecule has 0 aromatic heterocycles. The third-order valence-corrected chi connectivity index (χ3v) is 0. The summed E-state index contributed by atoms with van der Waals surface area (Å²) < 4.78 is 0. The van der Waals surface area contributed by atoms with E-state index in [1.165, 1.54) is 0 Å². The van der Waals surface area contributed by atoms with E-state index in [0.717, 1.165) is 0 Å². The van der Waals surface area contributed by atoms with Crippen molar-refractivity contribution in [3.63, 3.8) is 0 Å². The smallest absolute Gasteiger partial charge is 0.402 e. The van der Waals surface area contributed by atoms with Gasteiger partial charge in [0.15, 0.2) is 0 Å². The topological polar surface area (TPSA) is 243 Å². The third-order valence-electron chi connectivity index (χ3n) is 0. The predicted octanol–water partition coefficient (Wildman–Crippen LogP) is -8.21. The Labute approximate surface area is 107 Å². The molecule has 105 valence electrons. The molecule has 0 saturated heterocycles. The Morgan fingerprint density at radius 3 is 0.294 bits per heavy atom. The zero-order chi connectivity index (χ0) is 14.3. The Bertz CT molecular complexity index is 61.5. The Morgan fingerprint density at radius 2 is 0.294 bits per heavy atom. The molecule has 0 fully saturated rings. The van der Waals surface area contributed by atoms with Crippen molar-refractivity contribution in [1.29, 1.82) is 0 Å². The van der Waals surface area contributed by atoms with E-state index in [0.29, 0.717) is 0 Å². The van der Waals surface area contributed by atoms with Gasteiger partial charge in [-0.25, -0.2) is 0 Å². The quantitative estimate of drug-likeness (QED) is 0.187. The summed E-state index contributed by atoms with van der Waals surface area (Å²) in [6.07, 6.45) is 0. The van der Waals surface area contributed by atoms with Crippen molar-refractivity contribution in [2.24, 2.45) is 0 Å². The summed E-state index contributed by atoms with van der Waals surface area (Å²) in [7, 11) is -8.67. The van der Waals surface area contributed by atoms with E-state index < -0.39 is 29.3 Å². The second-order valence-electron chi connectivity index (χ2n) is 1.39. The Morgan fingerprint density at radius 1 is 0.294 bits per heavy atom. The number of hydrogen-bond donors (Lipinski definition) is 12. The van der Waals surface area contributed by atoms with Crippen LogP contribution in [0.5, 0.6) is 0 Å². The van der Waals surface area contributed by atoms with E-state index in [2.05, 4.69) is 0 Å². The molecule has 0 saturated carbocycles. The molecule has 0 unspecified atom stereocenters. The summed E-state index contributed by atoms with van der Waals surface area (Å²) in [5.41, 5.74) is 0. The second-order valence-corrected chi connectivity index (χ2v) is 1.39. The molecule has 0 aromatic carbocycles. The zero-order valence-electron chi connectivity index (χ0n) is 8.01. The van der Waals surface area contributed by atoms with Crippen molar-refractivity contribution in [1.82, 2.24) is 0 Å². The molecule has 0 aromatic rings. The molecule has 17 heavy (non-hydrogen) atoms. The van der Waals surface area contributed by atoms with Crippen LogP contribution in [-0.4, -0.2) is 89.6 Å². The van der Waals surface area contributed by atoms with E-state index in [1.807, 2.05) is 0 Å².